The van der Waals surface area contributed by atoms with Gasteiger partial charge in [-0.15, -0.1) is 0 Å². The maximum Gasteiger partial charge on any atom is 0.163 e. The van der Waals surface area contributed by atoms with Gasteiger partial charge < -0.3 is 19.5 Å². The number of ether oxygens (including phenoxy) is 3. The number of benzene rings is 2. The molecule has 0 saturated heterocycles. The second-order valence-electron chi connectivity index (χ2n) is 6.69. The lowest BCUT2D eigenvalue weighted by molar-refractivity contribution is 0.0770. The standard InChI is InChI=1S/C22H29ClFNO3/c1-4-26-21-12-18(14-25-10-5-11-27-16(2)3)20(23)13-22(21)28-15-17-6-8-19(24)9-7-17/h6-9,12-13,16,25H,4-5,10-11,14-15H2,1-3H3. The quantitative estimate of drug-likeness (QED) is 0.479. The molecule has 0 aliphatic rings. The Morgan fingerprint density at radius 1 is 1.07 bits per heavy atom. The first kappa shape index (κ1) is 22.5. The van der Waals surface area contributed by atoms with Gasteiger partial charge in [-0.1, -0.05) is 23.7 Å². The summed E-state index contributed by atoms with van der Waals surface area (Å²) in [6.07, 6.45) is 1.19. The summed E-state index contributed by atoms with van der Waals surface area (Å²) >= 11 is 6.44. The number of halogens is 2. The highest BCUT2D eigenvalue weighted by molar-refractivity contribution is 6.31. The van der Waals surface area contributed by atoms with E-state index < -0.39 is 0 Å². The molecule has 0 amide bonds. The van der Waals surface area contributed by atoms with E-state index in [1.807, 2.05) is 26.8 Å². The fourth-order valence-corrected chi connectivity index (χ4v) is 2.80. The van der Waals surface area contributed by atoms with E-state index in [1.54, 1.807) is 18.2 Å². The van der Waals surface area contributed by atoms with E-state index in [9.17, 15) is 4.39 Å². The lowest BCUT2D eigenvalue weighted by atomic mass is 10.2. The summed E-state index contributed by atoms with van der Waals surface area (Å²) in [6, 6.07) is 9.89. The van der Waals surface area contributed by atoms with Gasteiger partial charge in [-0.2, -0.15) is 0 Å². The zero-order chi connectivity index (χ0) is 20.4. The number of rotatable bonds is 12. The van der Waals surface area contributed by atoms with Crippen LogP contribution in [0.3, 0.4) is 0 Å². The molecule has 0 unspecified atom stereocenters. The van der Waals surface area contributed by atoms with Gasteiger partial charge in [-0.05, 0) is 63.1 Å². The van der Waals surface area contributed by atoms with E-state index >= 15 is 0 Å². The number of hydrogen-bond acceptors (Lipinski definition) is 4. The fraction of sp³-hybridized carbons (Fsp3) is 0.455. The van der Waals surface area contributed by atoms with Crippen LogP contribution in [-0.2, 0) is 17.9 Å². The predicted octanol–water partition coefficient (Wildman–Crippen LogP) is 5.36. The zero-order valence-electron chi connectivity index (χ0n) is 16.8. The van der Waals surface area contributed by atoms with Crippen molar-refractivity contribution in [2.75, 3.05) is 19.8 Å². The third-order valence-corrected chi connectivity index (χ3v) is 4.34. The summed E-state index contributed by atoms with van der Waals surface area (Å²) in [5, 5.41) is 3.99. The molecule has 28 heavy (non-hydrogen) atoms. The van der Waals surface area contributed by atoms with E-state index in [-0.39, 0.29) is 11.9 Å². The molecule has 0 fully saturated rings. The van der Waals surface area contributed by atoms with Crippen molar-refractivity contribution in [2.24, 2.45) is 0 Å². The molecule has 0 saturated carbocycles. The predicted molar refractivity (Wildman–Crippen MR) is 111 cm³/mol. The van der Waals surface area contributed by atoms with Gasteiger partial charge in [0.2, 0.25) is 0 Å². The van der Waals surface area contributed by atoms with Crippen LogP contribution in [0.25, 0.3) is 0 Å². The zero-order valence-corrected chi connectivity index (χ0v) is 17.5. The maximum atomic E-state index is 13.0. The molecule has 0 aliphatic heterocycles. The van der Waals surface area contributed by atoms with Gasteiger partial charge in [-0.3, -0.25) is 0 Å². The van der Waals surface area contributed by atoms with Crippen molar-refractivity contribution >= 4 is 11.6 Å². The molecule has 0 aromatic heterocycles. The van der Waals surface area contributed by atoms with Crippen molar-refractivity contribution in [2.45, 2.75) is 46.4 Å². The average molecular weight is 410 g/mol. The largest absolute Gasteiger partial charge is 0.490 e. The molecule has 6 heteroatoms. The van der Waals surface area contributed by atoms with Gasteiger partial charge >= 0.3 is 0 Å². The van der Waals surface area contributed by atoms with E-state index in [2.05, 4.69) is 5.32 Å². The minimum atomic E-state index is -0.269. The summed E-state index contributed by atoms with van der Waals surface area (Å²) in [7, 11) is 0. The topological polar surface area (TPSA) is 39.7 Å². The highest BCUT2D eigenvalue weighted by Gasteiger charge is 2.11. The Hall–Kier alpha value is -1.82. The van der Waals surface area contributed by atoms with Gasteiger partial charge in [0.15, 0.2) is 11.5 Å². The van der Waals surface area contributed by atoms with Gasteiger partial charge in [0.1, 0.15) is 12.4 Å². The molecule has 0 heterocycles. The van der Waals surface area contributed by atoms with Crippen LogP contribution in [0.15, 0.2) is 36.4 Å². The van der Waals surface area contributed by atoms with Crippen molar-refractivity contribution in [1.29, 1.82) is 0 Å². The van der Waals surface area contributed by atoms with E-state index in [0.29, 0.717) is 36.3 Å². The molecule has 2 aromatic carbocycles. The van der Waals surface area contributed by atoms with Crippen LogP contribution < -0.4 is 14.8 Å². The normalized spacial score (nSPS) is 11.1. The molecule has 0 atom stereocenters. The van der Waals surface area contributed by atoms with E-state index in [1.165, 1.54) is 12.1 Å². The minimum Gasteiger partial charge on any atom is -0.490 e. The van der Waals surface area contributed by atoms with Crippen LogP contribution >= 0.6 is 11.6 Å². The highest BCUT2D eigenvalue weighted by Crippen LogP contribution is 2.34. The van der Waals surface area contributed by atoms with Crippen LogP contribution in [0.4, 0.5) is 4.39 Å². The summed E-state index contributed by atoms with van der Waals surface area (Å²) in [4.78, 5) is 0. The van der Waals surface area contributed by atoms with Crippen LogP contribution in [0, 0.1) is 5.82 Å². The molecule has 1 N–H and O–H groups in total. The van der Waals surface area contributed by atoms with Crippen molar-refractivity contribution in [1.82, 2.24) is 5.32 Å². The van der Waals surface area contributed by atoms with Crippen molar-refractivity contribution in [3.8, 4) is 11.5 Å². The van der Waals surface area contributed by atoms with Crippen LogP contribution in [0.5, 0.6) is 11.5 Å². The number of nitrogens with one attached hydrogen (secondary N) is 1. The third-order valence-electron chi connectivity index (χ3n) is 3.98. The lowest BCUT2D eigenvalue weighted by Crippen LogP contribution is -2.17. The Morgan fingerprint density at radius 2 is 1.79 bits per heavy atom. The minimum absolute atomic E-state index is 0.255. The van der Waals surface area contributed by atoms with Crippen molar-refractivity contribution in [3.05, 3.63) is 58.4 Å². The fourth-order valence-electron chi connectivity index (χ4n) is 2.57. The Balaban J connectivity index is 1.94. The lowest BCUT2D eigenvalue weighted by Gasteiger charge is -2.15. The smallest absolute Gasteiger partial charge is 0.163 e. The molecule has 0 spiro atoms. The van der Waals surface area contributed by atoms with Gasteiger partial charge in [0.05, 0.1) is 12.7 Å². The summed E-state index contributed by atoms with van der Waals surface area (Å²) in [6.45, 7) is 9.03. The summed E-state index contributed by atoms with van der Waals surface area (Å²) in [5.74, 6) is 0.952. The second-order valence-corrected chi connectivity index (χ2v) is 7.10. The first-order valence-corrected chi connectivity index (χ1v) is 10.0. The molecule has 154 valence electrons. The molecule has 2 rings (SSSR count). The van der Waals surface area contributed by atoms with Crippen molar-refractivity contribution in [3.63, 3.8) is 0 Å². The van der Waals surface area contributed by atoms with E-state index in [4.69, 9.17) is 25.8 Å². The van der Waals surface area contributed by atoms with Gasteiger partial charge in [0.25, 0.3) is 0 Å². The Morgan fingerprint density at radius 3 is 2.46 bits per heavy atom. The summed E-state index contributed by atoms with van der Waals surface area (Å²) < 4.78 is 30.1. The Bertz CT molecular complexity index is 722. The van der Waals surface area contributed by atoms with Gasteiger partial charge in [0, 0.05) is 24.2 Å². The molecule has 4 nitrogen and oxygen atoms in total. The first-order chi connectivity index (χ1) is 13.5. The molecular formula is C22H29ClFNO3. The Labute approximate surface area is 171 Å². The van der Waals surface area contributed by atoms with Gasteiger partial charge in [-0.25, -0.2) is 4.39 Å². The van der Waals surface area contributed by atoms with Crippen molar-refractivity contribution < 1.29 is 18.6 Å². The first-order valence-electron chi connectivity index (χ1n) is 9.64. The third kappa shape index (κ3) is 7.66. The monoisotopic (exact) mass is 409 g/mol. The number of hydrogen-bond donors (Lipinski definition) is 1. The highest BCUT2D eigenvalue weighted by atomic mass is 35.5. The SMILES string of the molecule is CCOc1cc(CNCCCOC(C)C)c(Cl)cc1OCc1ccc(F)cc1. The average Bonchev–Trinajstić information content (AvgIpc) is 2.66. The Kier molecular flexibility index (Phi) is 9.55. The van der Waals surface area contributed by atoms with Crippen LogP contribution in [-0.4, -0.2) is 25.9 Å². The van der Waals surface area contributed by atoms with Crippen LogP contribution in [0.1, 0.15) is 38.3 Å². The molecule has 0 radical (unpaired) electrons. The summed E-state index contributed by atoms with van der Waals surface area (Å²) in [5.41, 5.74) is 1.82. The maximum absolute atomic E-state index is 13.0. The molecule has 0 aliphatic carbocycles. The van der Waals surface area contributed by atoms with Crippen LogP contribution in [0.2, 0.25) is 5.02 Å². The molecule has 2 aromatic rings. The van der Waals surface area contributed by atoms with E-state index in [0.717, 1.165) is 30.7 Å². The molecular weight excluding hydrogens is 381 g/mol. The molecule has 0 bridgehead atoms. The second kappa shape index (κ2) is 11.9.